The first kappa shape index (κ1) is 13.4. The first-order chi connectivity index (χ1) is 8.27. The topological polar surface area (TPSA) is 29.5 Å². The van der Waals surface area contributed by atoms with Crippen LogP contribution in [0.2, 0.25) is 0 Å². The van der Waals surface area contributed by atoms with Gasteiger partial charge in [-0.2, -0.15) is 11.8 Å². The molecule has 3 nitrogen and oxygen atoms in total. The molecule has 2 atom stereocenters. The fraction of sp³-hybridized carbons (Fsp3) is 0.923. The number of Topliss-reactive ketones (excluding diaryl/α,β-unsaturated/α-hetero) is 1. The van der Waals surface area contributed by atoms with Crippen molar-refractivity contribution >= 4 is 17.5 Å². The van der Waals surface area contributed by atoms with Gasteiger partial charge in [0.15, 0.2) is 5.78 Å². The predicted molar refractivity (Wildman–Crippen MR) is 71.6 cm³/mol. The van der Waals surface area contributed by atoms with E-state index in [1.54, 1.807) is 0 Å². The molecule has 2 fully saturated rings. The van der Waals surface area contributed by atoms with Crippen LogP contribution in [0.15, 0.2) is 0 Å². The Hall–Kier alpha value is -0.0600. The fourth-order valence-electron chi connectivity index (χ4n) is 2.57. The van der Waals surface area contributed by atoms with Gasteiger partial charge < -0.3 is 4.74 Å². The van der Waals surface area contributed by atoms with Crippen molar-refractivity contribution in [3.05, 3.63) is 0 Å². The number of ketones is 1. The average Bonchev–Trinajstić information content (AvgIpc) is 2.82. The van der Waals surface area contributed by atoms with E-state index in [0.29, 0.717) is 11.9 Å². The third-order valence-electron chi connectivity index (χ3n) is 3.74. The average molecular weight is 257 g/mol. The van der Waals surface area contributed by atoms with Gasteiger partial charge in [-0.25, -0.2) is 0 Å². The predicted octanol–water partition coefficient (Wildman–Crippen LogP) is 1.95. The summed E-state index contributed by atoms with van der Waals surface area (Å²) >= 11 is 1.91. The van der Waals surface area contributed by atoms with E-state index in [0.717, 1.165) is 43.9 Å². The number of carbonyl (C=O) groups excluding carboxylic acids is 1. The Labute approximate surface area is 108 Å². The van der Waals surface area contributed by atoms with E-state index in [4.69, 9.17) is 4.74 Å². The molecule has 2 unspecified atom stereocenters. The Kier molecular flexibility index (Phi) is 5.32. The summed E-state index contributed by atoms with van der Waals surface area (Å²) < 4.78 is 5.58. The van der Waals surface area contributed by atoms with Crippen LogP contribution < -0.4 is 0 Å². The van der Waals surface area contributed by atoms with Crippen LogP contribution in [0.1, 0.15) is 32.1 Å². The molecule has 0 spiro atoms. The summed E-state index contributed by atoms with van der Waals surface area (Å²) in [6.07, 6.45) is 5.61. The van der Waals surface area contributed by atoms with E-state index in [9.17, 15) is 4.79 Å². The van der Waals surface area contributed by atoms with Crippen LogP contribution >= 0.6 is 11.8 Å². The zero-order valence-electron chi connectivity index (χ0n) is 10.7. The van der Waals surface area contributed by atoms with Crippen LogP contribution in [0.3, 0.4) is 0 Å². The van der Waals surface area contributed by atoms with Crippen LogP contribution in [0.4, 0.5) is 0 Å². The molecule has 0 N–H and O–H groups in total. The molecule has 2 aliphatic heterocycles. The number of ether oxygens (including phenoxy) is 1. The number of likely N-dealkylation sites (N-methyl/N-ethyl adjacent to an activating group) is 1. The molecule has 2 rings (SSSR count). The summed E-state index contributed by atoms with van der Waals surface area (Å²) in [6, 6.07) is 0.165. The maximum absolute atomic E-state index is 12.1. The van der Waals surface area contributed by atoms with E-state index < -0.39 is 0 Å². The number of thioether (sulfide) groups is 1. The van der Waals surface area contributed by atoms with Crippen molar-refractivity contribution < 1.29 is 9.53 Å². The summed E-state index contributed by atoms with van der Waals surface area (Å²) in [6.45, 7) is 1.97. The molecule has 2 aliphatic rings. The zero-order valence-corrected chi connectivity index (χ0v) is 11.5. The molecule has 0 amide bonds. The molecular formula is C13H23NO2S. The monoisotopic (exact) mass is 257 g/mol. The molecule has 2 saturated heterocycles. The fourth-order valence-corrected chi connectivity index (χ4v) is 3.82. The molecule has 0 radical (unpaired) electrons. The lowest BCUT2D eigenvalue weighted by molar-refractivity contribution is -0.123. The second-order valence-corrected chi connectivity index (χ2v) is 6.21. The summed E-state index contributed by atoms with van der Waals surface area (Å²) in [4.78, 5) is 14.3. The van der Waals surface area contributed by atoms with E-state index in [1.165, 1.54) is 12.8 Å². The second kappa shape index (κ2) is 6.76. The minimum atomic E-state index is 0.165. The molecule has 98 valence electrons. The standard InChI is InChI=1S/C13H23NO2S/c1-14-7-9-17-10-12(14)13(15)6-2-4-11-5-3-8-16-11/h11-12H,2-10H2,1H3. The maximum Gasteiger partial charge on any atom is 0.150 e. The molecular weight excluding hydrogens is 234 g/mol. The Morgan fingerprint density at radius 2 is 2.41 bits per heavy atom. The molecule has 0 aliphatic carbocycles. The molecule has 0 aromatic carbocycles. The van der Waals surface area contributed by atoms with Gasteiger partial charge in [0.2, 0.25) is 0 Å². The van der Waals surface area contributed by atoms with Crippen LogP contribution in [0, 0.1) is 0 Å². The van der Waals surface area contributed by atoms with Gasteiger partial charge in [0, 0.05) is 31.1 Å². The maximum atomic E-state index is 12.1. The van der Waals surface area contributed by atoms with E-state index in [2.05, 4.69) is 11.9 Å². The molecule has 0 aromatic rings. The number of rotatable bonds is 5. The summed E-state index contributed by atoms with van der Waals surface area (Å²) in [5.41, 5.74) is 0. The Morgan fingerprint density at radius 1 is 1.53 bits per heavy atom. The van der Waals surface area contributed by atoms with E-state index in [-0.39, 0.29) is 6.04 Å². The van der Waals surface area contributed by atoms with Crippen molar-refractivity contribution in [1.82, 2.24) is 4.90 Å². The van der Waals surface area contributed by atoms with Crippen molar-refractivity contribution in [1.29, 1.82) is 0 Å². The molecule has 2 heterocycles. The number of carbonyl (C=O) groups is 1. The first-order valence-corrected chi connectivity index (χ1v) is 7.85. The second-order valence-electron chi connectivity index (χ2n) is 5.06. The van der Waals surface area contributed by atoms with E-state index in [1.807, 2.05) is 11.8 Å². The highest BCUT2D eigenvalue weighted by molar-refractivity contribution is 7.99. The van der Waals surface area contributed by atoms with Crippen LogP contribution in [-0.4, -0.2) is 54.5 Å². The first-order valence-electron chi connectivity index (χ1n) is 6.69. The van der Waals surface area contributed by atoms with Gasteiger partial charge in [-0.05, 0) is 32.7 Å². The highest BCUT2D eigenvalue weighted by atomic mass is 32.2. The van der Waals surface area contributed by atoms with Crippen molar-refractivity contribution in [2.24, 2.45) is 0 Å². The quantitative estimate of drug-likeness (QED) is 0.753. The largest absolute Gasteiger partial charge is 0.378 e. The van der Waals surface area contributed by atoms with Crippen molar-refractivity contribution in [3.8, 4) is 0 Å². The third kappa shape index (κ3) is 3.97. The van der Waals surface area contributed by atoms with Crippen LogP contribution in [-0.2, 0) is 9.53 Å². The van der Waals surface area contributed by atoms with Gasteiger partial charge in [-0.1, -0.05) is 0 Å². The van der Waals surface area contributed by atoms with Gasteiger partial charge in [0.25, 0.3) is 0 Å². The highest BCUT2D eigenvalue weighted by Gasteiger charge is 2.26. The number of nitrogens with zero attached hydrogens (tertiary/aromatic N) is 1. The minimum absolute atomic E-state index is 0.165. The van der Waals surface area contributed by atoms with Crippen molar-refractivity contribution in [2.45, 2.75) is 44.2 Å². The smallest absolute Gasteiger partial charge is 0.150 e. The van der Waals surface area contributed by atoms with Gasteiger partial charge in [0.05, 0.1) is 12.1 Å². The third-order valence-corrected chi connectivity index (χ3v) is 4.76. The van der Waals surface area contributed by atoms with Crippen molar-refractivity contribution in [2.75, 3.05) is 31.7 Å². The zero-order chi connectivity index (χ0) is 12.1. The van der Waals surface area contributed by atoms with Gasteiger partial charge >= 0.3 is 0 Å². The molecule has 0 saturated carbocycles. The molecule has 0 aromatic heterocycles. The number of hydrogen-bond acceptors (Lipinski definition) is 4. The highest BCUT2D eigenvalue weighted by Crippen LogP contribution is 2.20. The molecule has 17 heavy (non-hydrogen) atoms. The van der Waals surface area contributed by atoms with Gasteiger partial charge in [-0.15, -0.1) is 0 Å². The lowest BCUT2D eigenvalue weighted by atomic mass is 10.0. The molecule has 4 heteroatoms. The lowest BCUT2D eigenvalue weighted by Gasteiger charge is -2.30. The normalized spacial score (nSPS) is 30.6. The van der Waals surface area contributed by atoms with Gasteiger partial charge in [0.1, 0.15) is 0 Å². The van der Waals surface area contributed by atoms with Crippen molar-refractivity contribution in [3.63, 3.8) is 0 Å². The summed E-state index contributed by atoms with van der Waals surface area (Å²) in [7, 11) is 2.07. The summed E-state index contributed by atoms with van der Waals surface area (Å²) in [5, 5.41) is 0. The number of hydrogen-bond donors (Lipinski definition) is 0. The SMILES string of the molecule is CN1CCSCC1C(=O)CCCC1CCCO1. The van der Waals surface area contributed by atoms with Crippen LogP contribution in [0.25, 0.3) is 0 Å². The summed E-state index contributed by atoms with van der Waals surface area (Å²) in [5.74, 6) is 2.57. The Bertz CT molecular complexity index is 254. The molecule has 0 bridgehead atoms. The van der Waals surface area contributed by atoms with E-state index >= 15 is 0 Å². The minimum Gasteiger partial charge on any atom is -0.378 e. The lowest BCUT2D eigenvalue weighted by Crippen LogP contribution is -2.44. The van der Waals surface area contributed by atoms with Gasteiger partial charge in [-0.3, -0.25) is 9.69 Å². The Morgan fingerprint density at radius 3 is 3.12 bits per heavy atom. The Balaban J connectivity index is 1.65. The van der Waals surface area contributed by atoms with Crippen LogP contribution in [0.5, 0.6) is 0 Å².